The van der Waals surface area contributed by atoms with Gasteiger partial charge in [0.1, 0.15) is 0 Å². The fourth-order valence-electron chi connectivity index (χ4n) is 1.80. The van der Waals surface area contributed by atoms with Crippen LogP contribution in [0.2, 0.25) is 0 Å². The van der Waals surface area contributed by atoms with Gasteiger partial charge in [-0.25, -0.2) is 0 Å². The van der Waals surface area contributed by atoms with Gasteiger partial charge in [0.25, 0.3) is 5.91 Å². The highest BCUT2D eigenvalue weighted by atomic mass is 32.2. The lowest BCUT2D eigenvalue weighted by Crippen LogP contribution is -2.13. The molecular formula is C16H14N2OS. The van der Waals surface area contributed by atoms with Crippen LogP contribution < -0.4 is 5.32 Å². The summed E-state index contributed by atoms with van der Waals surface area (Å²) in [4.78, 5) is 13.3. The van der Waals surface area contributed by atoms with Gasteiger partial charge in [0, 0.05) is 10.6 Å². The highest BCUT2D eigenvalue weighted by molar-refractivity contribution is 7.99. The Morgan fingerprint density at radius 2 is 2.05 bits per heavy atom. The monoisotopic (exact) mass is 282 g/mol. The van der Waals surface area contributed by atoms with Gasteiger partial charge < -0.3 is 5.32 Å². The number of amides is 1. The molecule has 3 nitrogen and oxygen atoms in total. The molecule has 0 bridgehead atoms. The molecule has 0 atom stereocenters. The number of nitrogens with one attached hydrogen (secondary N) is 1. The van der Waals surface area contributed by atoms with E-state index in [0.717, 1.165) is 10.6 Å². The molecule has 2 aromatic carbocycles. The van der Waals surface area contributed by atoms with Crippen LogP contribution in [0, 0.1) is 11.3 Å². The van der Waals surface area contributed by atoms with Crippen molar-refractivity contribution < 1.29 is 4.79 Å². The molecule has 0 aliphatic rings. The summed E-state index contributed by atoms with van der Waals surface area (Å²) in [7, 11) is 0. The summed E-state index contributed by atoms with van der Waals surface area (Å²) >= 11 is 1.64. The van der Waals surface area contributed by atoms with Crippen LogP contribution in [0.3, 0.4) is 0 Å². The number of carbonyl (C=O) groups is 1. The minimum Gasteiger partial charge on any atom is -0.322 e. The molecule has 0 saturated carbocycles. The summed E-state index contributed by atoms with van der Waals surface area (Å²) in [6.45, 7) is 2.05. The number of thioether (sulfide) groups is 1. The van der Waals surface area contributed by atoms with Crippen molar-refractivity contribution in [2.75, 3.05) is 11.1 Å². The summed E-state index contributed by atoms with van der Waals surface area (Å²) in [6.07, 6.45) is 0. The third-order valence-electron chi connectivity index (χ3n) is 2.68. The molecule has 0 aromatic heterocycles. The van der Waals surface area contributed by atoms with E-state index in [1.807, 2.05) is 24.3 Å². The first kappa shape index (κ1) is 14.2. The van der Waals surface area contributed by atoms with Gasteiger partial charge >= 0.3 is 0 Å². The normalized spacial score (nSPS) is 9.80. The van der Waals surface area contributed by atoms with Crippen LogP contribution >= 0.6 is 11.8 Å². The summed E-state index contributed by atoms with van der Waals surface area (Å²) in [5.41, 5.74) is 1.81. The number of hydrogen-bond donors (Lipinski definition) is 1. The Labute approximate surface area is 122 Å². The summed E-state index contributed by atoms with van der Waals surface area (Å²) in [6, 6.07) is 16.5. The number of benzene rings is 2. The molecule has 0 fully saturated rings. The van der Waals surface area contributed by atoms with Crippen LogP contribution in [-0.4, -0.2) is 11.7 Å². The predicted molar refractivity (Wildman–Crippen MR) is 82.0 cm³/mol. The number of rotatable bonds is 4. The zero-order valence-electron chi connectivity index (χ0n) is 11.1. The summed E-state index contributed by atoms with van der Waals surface area (Å²) in [5, 5.41) is 11.7. The van der Waals surface area contributed by atoms with Gasteiger partial charge in [-0.15, -0.1) is 11.8 Å². The number of nitriles is 1. The van der Waals surface area contributed by atoms with E-state index in [1.54, 1.807) is 36.0 Å². The lowest BCUT2D eigenvalue weighted by Gasteiger charge is -2.09. The average molecular weight is 282 g/mol. The van der Waals surface area contributed by atoms with Crippen LogP contribution in [0.4, 0.5) is 5.69 Å². The minimum atomic E-state index is -0.156. The maximum atomic E-state index is 12.3. The topological polar surface area (TPSA) is 52.9 Å². The lowest BCUT2D eigenvalue weighted by atomic mass is 10.2. The highest BCUT2D eigenvalue weighted by Gasteiger charge is 2.11. The van der Waals surface area contributed by atoms with E-state index in [1.165, 1.54) is 0 Å². The van der Waals surface area contributed by atoms with Gasteiger partial charge in [0.05, 0.1) is 17.2 Å². The van der Waals surface area contributed by atoms with Crippen LogP contribution in [-0.2, 0) is 0 Å². The van der Waals surface area contributed by atoms with Crippen molar-refractivity contribution in [1.29, 1.82) is 5.26 Å². The van der Waals surface area contributed by atoms with Gasteiger partial charge in [-0.05, 0) is 36.1 Å². The van der Waals surface area contributed by atoms with E-state index in [9.17, 15) is 4.79 Å². The van der Waals surface area contributed by atoms with Crippen LogP contribution in [0.5, 0.6) is 0 Å². The molecule has 0 spiro atoms. The van der Waals surface area contributed by atoms with E-state index >= 15 is 0 Å². The zero-order chi connectivity index (χ0) is 14.4. The molecule has 0 radical (unpaired) electrons. The van der Waals surface area contributed by atoms with Gasteiger partial charge in [0.2, 0.25) is 0 Å². The van der Waals surface area contributed by atoms with E-state index in [2.05, 4.69) is 18.3 Å². The van der Waals surface area contributed by atoms with Crippen molar-refractivity contribution in [2.24, 2.45) is 0 Å². The number of carbonyl (C=O) groups excluding carboxylic acids is 1. The summed E-state index contributed by atoms with van der Waals surface area (Å²) in [5.74, 6) is 0.755. The van der Waals surface area contributed by atoms with Crippen LogP contribution in [0.1, 0.15) is 22.8 Å². The third-order valence-corrected chi connectivity index (χ3v) is 3.64. The second-order valence-electron chi connectivity index (χ2n) is 4.08. The Bertz CT molecular complexity index is 662. The second kappa shape index (κ2) is 6.78. The third kappa shape index (κ3) is 3.40. The Balaban J connectivity index is 2.22. The van der Waals surface area contributed by atoms with Crippen molar-refractivity contribution in [2.45, 2.75) is 11.8 Å². The molecule has 2 aromatic rings. The maximum Gasteiger partial charge on any atom is 0.256 e. The van der Waals surface area contributed by atoms with Gasteiger partial charge in [-0.3, -0.25) is 4.79 Å². The van der Waals surface area contributed by atoms with Crippen molar-refractivity contribution in [1.82, 2.24) is 0 Å². The van der Waals surface area contributed by atoms with Crippen LogP contribution in [0.25, 0.3) is 0 Å². The van der Waals surface area contributed by atoms with E-state index in [4.69, 9.17) is 5.26 Å². The molecule has 100 valence electrons. The van der Waals surface area contributed by atoms with Gasteiger partial charge in [-0.1, -0.05) is 25.1 Å². The lowest BCUT2D eigenvalue weighted by molar-refractivity contribution is 0.102. The van der Waals surface area contributed by atoms with Crippen LogP contribution in [0.15, 0.2) is 53.4 Å². The molecule has 0 saturated heterocycles. The smallest absolute Gasteiger partial charge is 0.256 e. The molecule has 0 unspecified atom stereocenters. The number of nitrogens with zero attached hydrogens (tertiary/aromatic N) is 1. The first-order valence-electron chi connectivity index (χ1n) is 6.28. The minimum absolute atomic E-state index is 0.156. The molecule has 1 amide bonds. The fourth-order valence-corrected chi connectivity index (χ4v) is 2.60. The van der Waals surface area contributed by atoms with Gasteiger partial charge in [-0.2, -0.15) is 5.26 Å². The van der Waals surface area contributed by atoms with E-state index in [-0.39, 0.29) is 5.91 Å². The second-order valence-corrected chi connectivity index (χ2v) is 5.38. The predicted octanol–water partition coefficient (Wildman–Crippen LogP) is 3.92. The molecule has 0 aliphatic carbocycles. The zero-order valence-corrected chi connectivity index (χ0v) is 11.9. The number of hydrogen-bond acceptors (Lipinski definition) is 3. The highest BCUT2D eigenvalue weighted by Crippen LogP contribution is 2.23. The Kier molecular flexibility index (Phi) is 4.80. The van der Waals surface area contributed by atoms with Crippen molar-refractivity contribution in [3.63, 3.8) is 0 Å². The standard InChI is InChI=1S/C16H14N2OS/c1-2-20-15-9-4-3-8-14(15)16(19)18-13-7-5-6-12(10-13)11-17/h3-10H,2H2,1H3,(H,18,19). The molecule has 4 heteroatoms. The molecule has 0 aliphatic heterocycles. The molecule has 0 heterocycles. The molecule has 2 rings (SSSR count). The molecule has 1 N–H and O–H groups in total. The maximum absolute atomic E-state index is 12.3. The molecular weight excluding hydrogens is 268 g/mol. The fraction of sp³-hybridized carbons (Fsp3) is 0.125. The Morgan fingerprint density at radius 1 is 1.25 bits per heavy atom. The first-order chi connectivity index (χ1) is 9.74. The van der Waals surface area contributed by atoms with Crippen molar-refractivity contribution in [3.05, 3.63) is 59.7 Å². The van der Waals surface area contributed by atoms with Gasteiger partial charge in [0.15, 0.2) is 0 Å². The summed E-state index contributed by atoms with van der Waals surface area (Å²) < 4.78 is 0. The van der Waals surface area contributed by atoms with E-state index < -0.39 is 0 Å². The van der Waals surface area contributed by atoms with Crippen molar-refractivity contribution >= 4 is 23.4 Å². The largest absolute Gasteiger partial charge is 0.322 e. The first-order valence-corrected chi connectivity index (χ1v) is 7.26. The van der Waals surface area contributed by atoms with Crippen molar-refractivity contribution in [3.8, 4) is 6.07 Å². The Morgan fingerprint density at radius 3 is 2.80 bits per heavy atom. The SMILES string of the molecule is CCSc1ccccc1C(=O)Nc1cccc(C#N)c1. The van der Waals surface area contributed by atoms with E-state index in [0.29, 0.717) is 16.8 Å². The Hall–Kier alpha value is -2.25. The molecule has 20 heavy (non-hydrogen) atoms. The quantitative estimate of drug-likeness (QED) is 0.865. The average Bonchev–Trinajstić information content (AvgIpc) is 2.48. The number of anilines is 1.